The summed E-state index contributed by atoms with van der Waals surface area (Å²) in [5.74, 6) is 0.915. The Bertz CT molecular complexity index is 1120. The van der Waals surface area contributed by atoms with Crippen molar-refractivity contribution in [3.8, 4) is 0 Å². The molecular weight excluding hydrogens is 400 g/mol. The second-order valence-corrected chi connectivity index (χ2v) is 8.19. The fraction of sp³-hybridized carbons (Fsp3) is 0.346. The van der Waals surface area contributed by atoms with Gasteiger partial charge in [-0.2, -0.15) is 0 Å². The summed E-state index contributed by atoms with van der Waals surface area (Å²) in [4.78, 5) is 31.4. The van der Waals surface area contributed by atoms with Crippen LogP contribution in [0.1, 0.15) is 37.1 Å². The van der Waals surface area contributed by atoms with Crippen LogP contribution in [0, 0.1) is 0 Å². The highest BCUT2D eigenvalue weighted by atomic mass is 16.2. The summed E-state index contributed by atoms with van der Waals surface area (Å²) >= 11 is 0. The van der Waals surface area contributed by atoms with E-state index >= 15 is 0 Å². The number of rotatable bonds is 9. The zero-order chi connectivity index (χ0) is 22.3. The molecule has 2 heterocycles. The molecule has 0 unspecified atom stereocenters. The van der Waals surface area contributed by atoms with Crippen molar-refractivity contribution in [3.63, 3.8) is 0 Å². The van der Waals surface area contributed by atoms with Crippen LogP contribution in [-0.2, 0) is 29.0 Å². The number of aryl methyl sites for hydroxylation is 2. The van der Waals surface area contributed by atoms with E-state index in [1.165, 1.54) is 11.6 Å². The third kappa shape index (κ3) is 4.90. The van der Waals surface area contributed by atoms with Gasteiger partial charge in [0.05, 0.1) is 11.0 Å². The Morgan fingerprint density at radius 3 is 2.75 bits per heavy atom. The van der Waals surface area contributed by atoms with E-state index < -0.39 is 0 Å². The van der Waals surface area contributed by atoms with Gasteiger partial charge in [0.1, 0.15) is 12.4 Å². The quantitative estimate of drug-likeness (QED) is 0.412. The molecule has 1 aliphatic rings. The fourth-order valence-electron chi connectivity index (χ4n) is 4.37. The minimum absolute atomic E-state index is 0.105. The van der Waals surface area contributed by atoms with Gasteiger partial charge in [-0.05, 0) is 55.5 Å². The van der Waals surface area contributed by atoms with Crippen LogP contribution in [-0.4, -0.2) is 34.5 Å². The molecule has 6 nitrogen and oxygen atoms in total. The van der Waals surface area contributed by atoms with E-state index in [1.54, 1.807) is 0 Å². The van der Waals surface area contributed by atoms with Gasteiger partial charge in [-0.3, -0.25) is 9.59 Å². The maximum atomic E-state index is 13.4. The summed E-state index contributed by atoms with van der Waals surface area (Å²) < 4.78 is 2.08. The summed E-state index contributed by atoms with van der Waals surface area (Å²) in [6.45, 7) is 5.16. The summed E-state index contributed by atoms with van der Waals surface area (Å²) in [5.41, 5.74) is 4.20. The monoisotopic (exact) mass is 430 g/mol. The average Bonchev–Trinajstić information content (AvgIpc) is 3.17. The second-order valence-electron chi connectivity index (χ2n) is 8.19. The third-order valence-corrected chi connectivity index (χ3v) is 6.00. The number of nitrogens with zero attached hydrogens (tertiary/aromatic N) is 3. The van der Waals surface area contributed by atoms with Gasteiger partial charge in [0.25, 0.3) is 0 Å². The van der Waals surface area contributed by atoms with Crippen LogP contribution < -0.4 is 10.2 Å². The molecule has 166 valence electrons. The largest absolute Gasteiger partial charge is 0.353 e. The molecule has 0 saturated heterocycles. The van der Waals surface area contributed by atoms with Crippen LogP contribution >= 0.6 is 0 Å². The average molecular weight is 431 g/mol. The summed E-state index contributed by atoms with van der Waals surface area (Å²) in [7, 11) is 0. The minimum Gasteiger partial charge on any atom is -0.353 e. The lowest BCUT2D eigenvalue weighted by atomic mass is 10.0. The van der Waals surface area contributed by atoms with Gasteiger partial charge >= 0.3 is 0 Å². The van der Waals surface area contributed by atoms with E-state index in [2.05, 4.69) is 22.5 Å². The predicted molar refractivity (Wildman–Crippen MR) is 128 cm³/mol. The molecule has 2 aromatic carbocycles. The Labute approximate surface area is 188 Å². The molecule has 2 amide bonds. The number of unbranched alkanes of at least 4 members (excludes halogenated alkanes) is 2. The molecule has 1 aromatic heterocycles. The van der Waals surface area contributed by atoms with Gasteiger partial charge in [-0.15, -0.1) is 0 Å². The van der Waals surface area contributed by atoms with Gasteiger partial charge in [0, 0.05) is 25.2 Å². The van der Waals surface area contributed by atoms with Gasteiger partial charge in [0.15, 0.2) is 0 Å². The molecule has 1 N–H and O–H groups in total. The third-order valence-electron chi connectivity index (χ3n) is 6.00. The van der Waals surface area contributed by atoms with E-state index in [0.29, 0.717) is 13.1 Å². The lowest BCUT2D eigenvalue weighted by molar-refractivity contribution is -0.119. The lowest BCUT2D eigenvalue weighted by Gasteiger charge is -2.29. The van der Waals surface area contributed by atoms with Crippen LogP contribution in [0.25, 0.3) is 11.0 Å². The first-order chi connectivity index (χ1) is 15.7. The highest BCUT2D eigenvalue weighted by Gasteiger charge is 2.23. The van der Waals surface area contributed by atoms with Crippen LogP contribution in [0.2, 0.25) is 0 Å². The van der Waals surface area contributed by atoms with Crippen molar-refractivity contribution in [1.29, 1.82) is 0 Å². The van der Waals surface area contributed by atoms with Crippen molar-refractivity contribution in [1.82, 2.24) is 14.9 Å². The molecule has 0 saturated carbocycles. The number of nitrogens with one attached hydrogen (secondary N) is 1. The molecule has 0 bridgehead atoms. The molecule has 0 radical (unpaired) electrons. The topological polar surface area (TPSA) is 67.2 Å². The zero-order valence-corrected chi connectivity index (χ0v) is 18.4. The van der Waals surface area contributed by atoms with Crippen molar-refractivity contribution in [2.45, 2.75) is 45.1 Å². The molecule has 4 rings (SSSR count). The predicted octanol–water partition coefficient (Wildman–Crippen LogP) is 4.03. The smallest absolute Gasteiger partial charge is 0.246 e. The molecule has 0 aliphatic carbocycles. The lowest BCUT2D eigenvalue weighted by Crippen LogP contribution is -2.38. The van der Waals surface area contributed by atoms with Crippen LogP contribution in [0.4, 0.5) is 5.69 Å². The number of fused-ring (bicyclic) bond motifs is 2. The molecule has 0 spiro atoms. The van der Waals surface area contributed by atoms with E-state index in [1.807, 2.05) is 47.4 Å². The first kappa shape index (κ1) is 21.8. The highest BCUT2D eigenvalue weighted by molar-refractivity contribution is 5.95. The number of imidazole rings is 1. The number of amides is 2. The molecule has 6 heteroatoms. The highest BCUT2D eigenvalue weighted by Crippen LogP contribution is 2.27. The van der Waals surface area contributed by atoms with Crippen LogP contribution in [0.3, 0.4) is 0 Å². The van der Waals surface area contributed by atoms with Crippen molar-refractivity contribution in [2.75, 3.05) is 18.0 Å². The number of anilines is 1. The number of hydrogen-bond donors (Lipinski definition) is 1. The maximum absolute atomic E-state index is 13.4. The Kier molecular flexibility index (Phi) is 7.00. The van der Waals surface area contributed by atoms with Crippen molar-refractivity contribution < 1.29 is 9.59 Å². The number of para-hydroxylation sites is 3. The fourth-order valence-corrected chi connectivity index (χ4v) is 4.37. The van der Waals surface area contributed by atoms with E-state index in [0.717, 1.165) is 67.6 Å². The standard InChI is InChI=1S/C26H30N4O2/c1-2-25(31)27-17-9-3-4-16-24-28-21-13-6-8-15-23(21)30(24)19-26(32)29-18-10-12-20-11-5-7-14-22(20)29/h2,5-8,11,13-15H,1,3-4,9-10,12,16-19H2,(H,27,31). The second kappa shape index (κ2) is 10.3. The molecule has 3 aromatic rings. The van der Waals surface area contributed by atoms with E-state index in [4.69, 9.17) is 4.98 Å². The van der Waals surface area contributed by atoms with Gasteiger partial charge in [-0.1, -0.05) is 43.3 Å². The SMILES string of the molecule is C=CC(=O)NCCCCCc1nc2ccccc2n1CC(=O)N1CCCc2ccccc21. The Morgan fingerprint density at radius 2 is 1.88 bits per heavy atom. The number of carbonyl (C=O) groups is 2. The van der Waals surface area contributed by atoms with Gasteiger partial charge in [0.2, 0.25) is 11.8 Å². The summed E-state index contributed by atoms with van der Waals surface area (Å²) in [6.07, 6.45) is 6.94. The number of carbonyl (C=O) groups excluding carboxylic acids is 2. The number of hydrogen-bond acceptors (Lipinski definition) is 3. The van der Waals surface area contributed by atoms with Crippen molar-refractivity contribution in [3.05, 3.63) is 72.6 Å². The van der Waals surface area contributed by atoms with E-state index in [-0.39, 0.29) is 11.8 Å². The minimum atomic E-state index is -0.135. The van der Waals surface area contributed by atoms with Crippen molar-refractivity contribution >= 4 is 28.5 Å². The maximum Gasteiger partial charge on any atom is 0.246 e. The zero-order valence-electron chi connectivity index (χ0n) is 18.4. The first-order valence-corrected chi connectivity index (χ1v) is 11.4. The Hall–Kier alpha value is -3.41. The number of benzene rings is 2. The summed E-state index contributed by atoms with van der Waals surface area (Å²) in [6, 6.07) is 16.2. The van der Waals surface area contributed by atoms with Crippen LogP contribution in [0.15, 0.2) is 61.2 Å². The first-order valence-electron chi connectivity index (χ1n) is 11.4. The van der Waals surface area contributed by atoms with Crippen molar-refractivity contribution in [2.24, 2.45) is 0 Å². The molecule has 0 fully saturated rings. The summed E-state index contributed by atoms with van der Waals surface area (Å²) in [5, 5.41) is 2.81. The molecule has 32 heavy (non-hydrogen) atoms. The van der Waals surface area contributed by atoms with E-state index in [9.17, 15) is 9.59 Å². The van der Waals surface area contributed by atoms with Crippen LogP contribution in [0.5, 0.6) is 0 Å². The Balaban J connectivity index is 1.46. The Morgan fingerprint density at radius 1 is 1.06 bits per heavy atom. The molecular formula is C26H30N4O2. The number of aromatic nitrogens is 2. The molecule has 1 aliphatic heterocycles. The normalized spacial score (nSPS) is 13.1. The molecule has 0 atom stereocenters. The van der Waals surface area contributed by atoms with Gasteiger partial charge < -0.3 is 14.8 Å². The van der Waals surface area contributed by atoms with Gasteiger partial charge in [-0.25, -0.2) is 4.98 Å².